The molecule has 0 saturated carbocycles. The number of amides is 2. The molecule has 0 unspecified atom stereocenters. The van der Waals surface area contributed by atoms with Crippen molar-refractivity contribution in [2.24, 2.45) is 0 Å². The Hall–Kier alpha value is -1.76. The average molecular weight is 345 g/mol. The Balaban J connectivity index is 2.18. The number of halogens is 2. The molecule has 0 aliphatic carbocycles. The van der Waals surface area contributed by atoms with Gasteiger partial charge in [-0.3, -0.25) is 5.32 Å². The molecule has 1 heterocycles. The van der Waals surface area contributed by atoms with Crippen LogP contribution in [0, 0.1) is 6.92 Å². The van der Waals surface area contributed by atoms with Crippen molar-refractivity contribution in [3.05, 3.63) is 44.8 Å². The highest BCUT2D eigenvalue weighted by atomic mass is 35.5. The molecule has 8 heteroatoms. The summed E-state index contributed by atoms with van der Waals surface area (Å²) in [7, 11) is 0. The molecular formula is C13H10Cl2N2O3S. The quantitative estimate of drug-likeness (QED) is 0.754. The molecule has 2 rings (SSSR count). The van der Waals surface area contributed by atoms with Crippen LogP contribution in [0.2, 0.25) is 10.0 Å². The molecule has 0 radical (unpaired) electrons. The van der Waals surface area contributed by atoms with Crippen molar-refractivity contribution in [3.8, 4) is 0 Å². The molecule has 1 aromatic heterocycles. The normalized spacial score (nSPS) is 10.2. The number of carboxylic acids is 1. The van der Waals surface area contributed by atoms with Crippen LogP contribution >= 0.6 is 34.5 Å². The summed E-state index contributed by atoms with van der Waals surface area (Å²) in [5.74, 6) is -1.11. The molecule has 3 N–H and O–H groups in total. The minimum Gasteiger partial charge on any atom is -0.478 e. The second-order valence-corrected chi connectivity index (χ2v) is 6.15. The number of thiophene rings is 1. The lowest BCUT2D eigenvalue weighted by Gasteiger charge is -2.10. The molecule has 21 heavy (non-hydrogen) atoms. The van der Waals surface area contributed by atoms with Gasteiger partial charge < -0.3 is 10.4 Å². The molecule has 0 aliphatic heterocycles. The van der Waals surface area contributed by atoms with Gasteiger partial charge in [0.25, 0.3) is 0 Å². The second kappa shape index (κ2) is 6.34. The van der Waals surface area contributed by atoms with Gasteiger partial charge in [0.15, 0.2) is 0 Å². The Labute approximate surface area is 134 Å². The summed E-state index contributed by atoms with van der Waals surface area (Å²) in [5.41, 5.74) is 0.307. The number of hydrogen-bond donors (Lipinski definition) is 3. The molecule has 2 aromatic rings. The third kappa shape index (κ3) is 3.66. The SMILES string of the molecule is Cc1cc(C(=O)O)c(NC(=O)Nc2c(Cl)cccc2Cl)s1. The van der Waals surface area contributed by atoms with Crippen LogP contribution in [0.3, 0.4) is 0 Å². The van der Waals surface area contributed by atoms with Crippen LogP contribution < -0.4 is 10.6 Å². The van der Waals surface area contributed by atoms with E-state index in [1.54, 1.807) is 25.1 Å². The molecule has 1 aromatic carbocycles. The first kappa shape index (κ1) is 15.6. The van der Waals surface area contributed by atoms with Crippen LogP contribution in [-0.2, 0) is 0 Å². The number of hydrogen-bond acceptors (Lipinski definition) is 3. The number of para-hydroxylation sites is 1. The maximum absolute atomic E-state index is 11.9. The van der Waals surface area contributed by atoms with Gasteiger partial charge in [-0.05, 0) is 25.1 Å². The lowest BCUT2D eigenvalue weighted by molar-refractivity contribution is 0.0698. The van der Waals surface area contributed by atoms with E-state index in [1.165, 1.54) is 17.4 Å². The minimum atomic E-state index is -1.11. The summed E-state index contributed by atoms with van der Waals surface area (Å²) >= 11 is 13.1. The van der Waals surface area contributed by atoms with Crippen LogP contribution in [0.1, 0.15) is 15.2 Å². The standard InChI is InChI=1S/C13H10Cl2N2O3S/c1-6-5-7(12(18)19)11(21-6)17-13(20)16-10-8(14)3-2-4-9(10)15/h2-5H,1H3,(H,18,19)(H2,16,17,20). The summed E-state index contributed by atoms with van der Waals surface area (Å²) in [5, 5.41) is 14.9. The predicted octanol–water partition coefficient (Wildman–Crippen LogP) is 4.71. The van der Waals surface area contributed by atoms with Crippen LogP contribution in [0.15, 0.2) is 24.3 Å². The van der Waals surface area contributed by atoms with Gasteiger partial charge in [-0.25, -0.2) is 9.59 Å². The van der Waals surface area contributed by atoms with Crippen molar-refractivity contribution in [2.45, 2.75) is 6.92 Å². The fourth-order valence-corrected chi connectivity index (χ4v) is 3.02. The van der Waals surface area contributed by atoms with Crippen molar-refractivity contribution < 1.29 is 14.7 Å². The van der Waals surface area contributed by atoms with E-state index in [1.807, 2.05) is 0 Å². The van der Waals surface area contributed by atoms with E-state index < -0.39 is 12.0 Å². The highest BCUT2D eigenvalue weighted by molar-refractivity contribution is 7.16. The van der Waals surface area contributed by atoms with Gasteiger partial charge in [0, 0.05) is 4.88 Å². The Morgan fingerprint density at radius 2 is 1.81 bits per heavy atom. The highest BCUT2D eigenvalue weighted by Crippen LogP contribution is 2.31. The maximum atomic E-state index is 11.9. The van der Waals surface area contributed by atoms with E-state index in [0.29, 0.717) is 10.0 Å². The fourth-order valence-electron chi connectivity index (χ4n) is 1.63. The van der Waals surface area contributed by atoms with Gasteiger partial charge in [0.1, 0.15) is 5.00 Å². The Kier molecular flexibility index (Phi) is 4.72. The smallest absolute Gasteiger partial charge is 0.338 e. The molecule has 0 saturated heterocycles. The number of anilines is 2. The molecule has 110 valence electrons. The highest BCUT2D eigenvalue weighted by Gasteiger charge is 2.17. The van der Waals surface area contributed by atoms with Crippen LogP contribution in [0.25, 0.3) is 0 Å². The van der Waals surface area contributed by atoms with Gasteiger partial charge in [-0.2, -0.15) is 0 Å². The molecule has 0 atom stereocenters. The van der Waals surface area contributed by atoms with E-state index in [0.717, 1.165) is 4.88 Å². The van der Waals surface area contributed by atoms with Crippen molar-refractivity contribution in [3.63, 3.8) is 0 Å². The first-order valence-corrected chi connectivity index (χ1v) is 7.31. The third-order valence-corrected chi connectivity index (χ3v) is 4.11. The van der Waals surface area contributed by atoms with Crippen LogP contribution in [0.4, 0.5) is 15.5 Å². The van der Waals surface area contributed by atoms with E-state index >= 15 is 0 Å². The predicted molar refractivity (Wildman–Crippen MR) is 85.1 cm³/mol. The van der Waals surface area contributed by atoms with Crippen molar-refractivity contribution in [2.75, 3.05) is 10.6 Å². The summed E-state index contributed by atoms with van der Waals surface area (Å²) in [6.07, 6.45) is 0. The summed E-state index contributed by atoms with van der Waals surface area (Å²) < 4.78 is 0. The number of carbonyl (C=O) groups is 2. The van der Waals surface area contributed by atoms with E-state index in [9.17, 15) is 9.59 Å². The van der Waals surface area contributed by atoms with Crippen LogP contribution in [-0.4, -0.2) is 17.1 Å². The molecule has 5 nitrogen and oxygen atoms in total. The fraction of sp³-hybridized carbons (Fsp3) is 0.0769. The van der Waals surface area contributed by atoms with Gasteiger partial charge in [0.2, 0.25) is 0 Å². The molecule has 0 fully saturated rings. The maximum Gasteiger partial charge on any atom is 0.338 e. The summed E-state index contributed by atoms with van der Waals surface area (Å²) in [6.45, 7) is 1.76. The largest absolute Gasteiger partial charge is 0.478 e. The van der Waals surface area contributed by atoms with Gasteiger partial charge in [-0.1, -0.05) is 29.3 Å². The Morgan fingerprint density at radius 1 is 1.19 bits per heavy atom. The first-order chi connectivity index (χ1) is 9.88. The topological polar surface area (TPSA) is 78.4 Å². The summed E-state index contributed by atoms with van der Waals surface area (Å²) in [4.78, 5) is 23.8. The lowest BCUT2D eigenvalue weighted by atomic mass is 10.3. The number of aryl methyl sites for hydroxylation is 1. The molecular weight excluding hydrogens is 335 g/mol. The van der Waals surface area contributed by atoms with Crippen LogP contribution in [0.5, 0.6) is 0 Å². The number of benzene rings is 1. The number of carboxylic acid groups (broad SMARTS) is 1. The number of rotatable bonds is 3. The zero-order valence-corrected chi connectivity index (χ0v) is 13.1. The van der Waals surface area contributed by atoms with Crippen molar-refractivity contribution >= 4 is 57.2 Å². The number of urea groups is 1. The summed E-state index contributed by atoms with van der Waals surface area (Å²) in [6, 6.07) is 5.70. The monoisotopic (exact) mass is 344 g/mol. The van der Waals surface area contributed by atoms with Crippen molar-refractivity contribution in [1.29, 1.82) is 0 Å². The lowest BCUT2D eigenvalue weighted by Crippen LogP contribution is -2.20. The number of aromatic carboxylic acids is 1. The number of carbonyl (C=O) groups excluding carboxylic acids is 1. The molecule has 2 amide bonds. The molecule has 0 aliphatic rings. The zero-order chi connectivity index (χ0) is 15.6. The van der Waals surface area contributed by atoms with Gasteiger partial charge in [-0.15, -0.1) is 11.3 Å². The average Bonchev–Trinajstić information content (AvgIpc) is 2.75. The van der Waals surface area contributed by atoms with Gasteiger partial charge >= 0.3 is 12.0 Å². The zero-order valence-electron chi connectivity index (χ0n) is 10.7. The Morgan fingerprint density at radius 3 is 2.38 bits per heavy atom. The second-order valence-electron chi connectivity index (χ2n) is 4.08. The minimum absolute atomic E-state index is 0.0397. The molecule has 0 spiro atoms. The molecule has 0 bridgehead atoms. The van der Waals surface area contributed by atoms with Crippen molar-refractivity contribution in [1.82, 2.24) is 0 Å². The van der Waals surface area contributed by atoms with Gasteiger partial charge in [0.05, 0.1) is 21.3 Å². The Bertz CT molecular complexity index is 695. The van der Waals surface area contributed by atoms with E-state index in [-0.39, 0.29) is 16.3 Å². The number of nitrogens with one attached hydrogen (secondary N) is 2. The third-order valence-electron chi connectivity index (χ3n) is 2.51. The van der Waals surface area contributed by atoms with E-state index in [4.69, 9.17) is 28.3 Å². The first-order valence-electron chi connectivity index (χ1n) is 5.74. The van der Waals surface area contributed by atoms with E-state index in [2.05, 4.69) is 10.6 Å².